The van der Waals surface area contributed by atoms with Crippen molar-refractivity contribution in [2.24, 2.45) is 17.8 Å². The molecule has 1 saturated carbocycles. The molecule has 0 amide bonds. The summed E-state index contributed by atoms with van der Waals surface area (Å²) in [5.41, 5.74) is 8.07. The Morgan fingerprint density at radius 3 is 2.29 bits per heavy atom. The predicted molar refractivity (Wildman–Crippen MR) is 183 cm³/mol. The van der Waals surface area contributed by atoms with E-state index in [9.17, 15) is 9.90 Å². The molecule has 0 bridgehead atoms. The first-order valence-electron chi connectivity index (χ1n) is 16.7. The van der Waals surface area contributed by atoms with Crippen LogP contribution >= 0.6 is 0 Å². The summed E-state index contributed by atoms with van der Waals surface area (Å²) in [5, 5.41) is 17.2. The van der Waals surface area contributed by atoms with Crippen molar-refractivity contribution >= 4 is 33.3 Å². The van der Waals surface area contributed by atoms with Gasteiger partial charge in [0, 0.05) is 49.0 Å². The van der Waals surface area contributed by atoms with Crippen LogP contribution in [-0.2, 0) is 24.9 Å². The molecule has 3 aromatic carbocycles. The summed E-state index contributed by atoms with van der Waals surface area (Å²) in [6.07, 6.45) is 12.3. The number of aliphatic hydroxyl groups is 1. The Morgan fingerprint density at radius 1 is 0.956 bits per heavy atom. The van der Waals surface area contributed by atoms with E-state index >= 15 is 0 Å². The first kappa shape index (κ1) is 34.7. The van der Waals surface area contributed by atoms with Crippen LogP contribution in [0, 0.1) is 30.7 Å². The second kappa shape index (κ2) is 15.9. The number of furan rings is 1. The van der Waals surface area contributed by atoms with E-state index in [0.717, 1.165) is 58.7 Å². The molecule has 6 rings (SSSR count). The zero-order chi connectivity index (χ0) is 31.2. The number of ketones is 1. The zero-order valence-corrected chi connectivity index (χ0v) is 29.8. The van der Waals surface area contributed by atoms with Gasteiger partial charge in [0.05, 0.1) is 5.76 Å². The summed E-state index contributed by atoms with van der Waals surface area (Å²) in [6.45, 7) is 10.2. The quantitative estimate of drug-likeness (QED) is 0.104. The molecule has 2 heterocycles. The number of benzene rings is 3. The SMILES string of the molecule is CCC(CC)C(=O)/C=C(\O)C(CC)CC.Cc1[c-]c(C2[N-]C=C(C3CCCC3)c3ccccc32)c2oc3ccccc3c2c1.[Ir]. The average molecular weight is 782 g/mol. The molecule has 5 heteroatoms. The third-order valence-electron chi connectivity index (χ3n) is 9.65. The van der Waals surface area contributed by atoms with E-state index in [1.165, 1.54) is 48.5 Å². The molecular weight excluding hydrogens is 735 g/mol. The van der Waals surface area contributed by atoms with Gasteiger partial charge in [-0.15, -0.1) is 5.56 Å². The number of aliphatic hydroxyl groups excluding tert-OH is 1. The number of allylic oxidation sites excluding steroid dienone is 3. The Kier molecular flexibility index (Phi) is 12.3. The minimum atomic E-state index is -0.0701. The fraction of sp³-hybridized carbons (Fsp3) is 0.425. The van der Waals surface area contributed by atoms with Crippen molar-refractivity contribution in [3.8, 4) is 0 Å². The van der Waals surface area contributed by atoms with Gasteiger partial charge >= 0.3 is 0 Å². The summed E-state index contributed by atoms with van der Waals surface area (Å²) >= 11 is 0. The monoisotopic (exact) mass is 782 g/mol. The number of hydrogen-bond donors (Lipinski definition) is 1. The molecule has 4 nitrogen and oxygen atoms in total. The Morgan fingerprint density at radius 2 is 1.60 bits per heavy atom. The van der Waals surface area contributed by atoms with Crippen LogP contribution in [0.15, 0.2) is 77.0 Å². The van der Waals surface area contributed by atoms with E-state index < -0.39 is 0 Å². The van der Waals surface area contributed by atoms with Gasteiger partial charge in [-0.05, 0) is 56.1 Å². The molecule has 1 aromatic heterocycles. The van der Waals surface area contributed by atoms with Gasteiger partial charge in [-0.1, -0.05) is 112 Å². The Labute approximate surface area is 282 Å². The number of hydrogen-bond acceptors (Lipinski definition) is 3. The average Bonchev–Trinajstić information content (AvgIpc) is 3.70. The number of nitrogens with zero attached hydrogens (tertiary/aromatic N) is 1. The number of fused-ring (bicyclic) bond motifs is 4. The molecule has 4 aromatic rings. The zero-order valence-electron chi connectivity index (χ0n) is 27.4. The fourth-order valence-electron chi connectivity index (χ4n) is 7.00. The van der Waals surface area contributed by atoms with Crippen molar-refractivity contribution in [3.63, 3.8) is 0 Å². The molecule has 241 valence electrons. The summed E-state index contributed by atoms with van der Waals surface area (Å²) < 4.78 is 6.32. The second-order valence-corrected chi connectivity index (χ2v) is 12.4. The molecule has 1 radical (unpaired) electrons. The second-order valence-electron chi connectivity index (χ2n) is 12.4. The molecule has 1 fully saturated rings. The van der Waals surface area contributed by atoms with Crippen LogP contribution in [0.4, 0.5) is 0 Å². The van der Waals surface area contributed by atoms with Gasteiger partial charge in [-0.2, -0.15) is 23.9 Å². The van der Waals surface area contributed by atoms with Gasteiger partial charge in [0.1, 0.15) is 5.58 Å². The standard InChI is InChI=1S/C27H23NO.C13H24O2.Ir/c1-17-14-22-20-11-6-7-13-25(20)29-27(22)23(15-17)26-21-12-5-4-10-19(21)24(16-28-26)18-8-2-3-9-18;1-5-10(6-2)12(14)9-13(15)11(7-3)8-4;/h4-7,10-14,16,18,26H,2-3,8-9H2,1H3;9-11,14H,5-8H2,1-4H3;/q-2;;/b;12-9-;. The van der Waals surface area contributed by atoms with Crippen LogP contribution in [0.1, 0.15) is 107 Å². The van der Waals surface area contributed by atoms with Crippen molar-refractivity contribution in [1.82, 2.24) is 0 Å². The van der Waals surface area contributed by atoms with E-state index in [2.05, 4.69) is 61.7 Å². The molecule has 1 aliphatic carbocycles. The molecule has 1 aliphatic heterocycles. The molecule has 1 unspecified atom stereocenters. The minimum absolute atomic E-state index is 0. The summed E-state index contributed by atoms with van der Waals surface area (Å²) in [4.78, 5) is 11.7. The van der Waals surface area contributed by atoms with Crippen LogP contribution in [0.3, 0.4) is 0 Å². The van der Waals surface area contributed by atoms with Crippen molar-refractivity contribution in [1.29, 1.82) is 0 Å². The van der Waals surface area contributed by atoms with Gasteiger partial charge < -0.3 is 14.8 Å². The summed E-state index contributed by atoms with van der Waals surface area (Å²) in [7, 11) is 0. The maximum atomic E-state index is 11.7. The Balaban J connectivity index is 0.000000249. The first-order chi connectivity index (χ1) is 21.4. The largest absolute Gasteiger partial charge is 0.682 e. The molecular formula is C40H47IrNO3-2. The maximum Gasteiger partial charge on any atom is 0.162 e. The molecule has 45 heavy (non-hydrogen) atoms. The van der Waals surface area contributed by atoms with E-state index in [1.54, 1.807) is 0 Å². The topological polar surface area (TPSA) is 64.5 Å². The fourth-order valence-corrected chi connectivity index (χ4v) is 7.00. The third-order valence-corrected chi connectivity index (χ3v) is 9.65. The number of para-hydroxylation sites is 1. The number of carbonyl (C=O) groups is 1. The maximum absolute atomic E-state index is 11.7. The Hall–Kier alpha value is -3.14. The predicted octanol–water partition coefficient (Wildman–Crippen LogP) is 11.6. The van der Waals surface area contributed by atoms with Gasteiger partial charge in [0.2, 0.25) is 0 Å². The molecule has 1 atom stereocenters. The summed E-state index contributed by atoms with van der Waals surface area (Å²) in [6, 6.07) is 22.8. The number of carbonyl (C=O) groups excluding carboxylic acids is 1. The number of aryl methyl sites for hydroxylation is 1. The molecule has 2 aliphatic rings. The van der Waals surface area contributed by atoms with Crippen LogP contribution in [0.5, 0.6) is 0 Å². The first-order valence-corrected chi connectivity index (χ1v) is 16.7. The van der Waals surface area contributed by atoms with Crippen LogP contribution in [0.25, 0.3) is 32.8 Å². The van der Waals surface area contributed by atoms with E-state index in [4.69, 9.17) is 9.73 Å². The minimum Gasteiger partial charge on any atom is -0.682 e. The Bertz CT molecular complexity index is 1650. The normalized spacial score (nSPS) is 16.6. The van der Waals surface area contributed by atoms with Crippen LogP contribution in [0.2, 0.25) is 0 Å². The van der Waals surface area contributed by atoms with Crippen molar-refractivity contribution in [2.45, 2.75) is 92.0 Å². The van der Waals surface area contributed by atoms with E-state index in [0.29, 0.717) is 5.92 Å². The van der Waals surface area contributed by atoms with Gasteiger partial charge in [-0.3, -0.25) is 4.79 Å². The van der Waals surface area contributed by atoms with Crippen molar-refractivity contribution in [3.05, 3.63) is 106 Å². The van der Waals surface area contributed by atoms with Gasteiger partial charge in [0.25, 0.3) is 0 Å². The molecule has 1 N–H and O–H groups in total. The van der Waals surface area contributed by atoms with Gasteiger partial charge in [-0.25, -0.2) is 0 Å². The molecule has 0 spiro atoms. The number of rotatable bonds is 9. The van der Waals surface area contributed by atoms with Crippen LogP contribution in [-0.4, -0.2) is 10.9 Å². The van der Waals surface area contributed by atoms with Crippen molar-refractivity contribution in [2.75, 3.05) is 0 Å². The van der Waals surface area contributed by atoms with E-state index in [-0.39, 0.29) is 49.5 Å². The smallest absolute Gasteiger partial charge is 0.162 e. The van der Waals surface area contributed by atoms with E-state index in [1.807, 2.05) is 39.8 Å². The van der Waals surface area contributed by atoms with Crippen LogP contribution < -0.4 is 0 Å². The molecule has 0 saturated heterocycles. The van der Waals surface area contributed by atoms with Crippen molar-refractivity contribution < 1.29 is 34.4 Å². The summed E-state index contributed by atoms with van der Waals surface area (Å²) in [5.74, 6) is 1.19. The third kappa shape index (κ3) is 7.47. The van der Waals surface area contributed by atoms with Gasteiger partial charge in [0.15, 0.2) is 5.78 Å².